The van der Waals surface area contributed by atoms with Gasteiger partial charge >= 0.3 is 0 Å². The van der Waals surface area contributed by atoms with Gasteiger partial charge in [0.25, 0.3) is 5.91 Å². The van der Waals surface area contributed by atoms with E-state index in [4.69, 9.17) is 16.0 Å². The first-order valence-corrected chi connectivity index (χ1v) is 6.79. The fourth-order valence-electron chi connectivity index (χ4n) is 1.77. The van der Waals surface area contributed by atoms with Crippen LogP contribution in [0, 0.1) is 0 Å². The average Bonchev–Trinajstić information content (AvgIpc) is 2.74. The molecule has 0 spiro atoms. The van der Waals surface area contributed by atoms with E-state index in [9.17, 15) is 4.79 Å². The van der Waals surface area contributed by atoms with Crippen LogP contribution in [0.2, 0.25) is 5.22 Å². The Bertz CT molecular complexity index is 380. The maximum Gasteiger partial charge on any atom is 0.258 e. The number of furan rings is 1. The van der Waals surface area contributed by atoms with Crippen LogP contribution < -0.4 is 0 Å². The van der Waals surface area contributed by atoms with Gasteiger partial charge in [0.2, 0.25) is 5.22 Å². The second kappa shape index (κ2) is 5.15. The Morgan fingerprint density at radius 2 is 2.56 bits per heavy atom. The normalized spacial score (nSPS) is 21.1. The molecular formula is C11H14ClNO2S. The molecular weight excluding hydrogens is 246 g/mol. The largest absolute Gasteiger partial charge is 0.452 e. The Morgan fingerprint density at radius 3 is 3.19 bits per heavy atom. The third-order valence-corrected chi connectivity index (χ3v) is 4.39. The fraction of sp³-hybridized carbons (Fsp3) is 0.545. The van der Waals surface area contributed by atoms with E-state index in [2.05, 4.69) is 6.92 Å². The zero-order chi connectivity index (χ0) is 11.5. The highest BCUT2D eigenvalue weighted by Gasteiger charge is 2.25. The van der Waals surface area contributed by atoms with E-state index in [1.807, 2.05) is 16.7 Å². The van der Waals surface area contributed by atoms with Crippen LogP contribution in [0.1, 0.15) is 23.7 Å². The number of halogens is 1. The molecule has 2 rings (SSSR count). The number of nitrogens with zero attached hydrogens (tertiary/aromatic N) is 1. The van der Waals surface area contributed by atoms with Gasteiger partial charge in [-0.2, -0.15) is 11.8 Å². The molecule has 1 unspecified atom stereocenters. The lowest BCUT2D eigenvalue weighted by Gasteiger charge is -2.31. The fourth-order valence-corrected chi connectivity index (χ4v) is 3.14. The first kappa shape index (κ1) is 11.9. The number of hydrogen-bond donors (Lipinski definition) is 0. The summed E-state index contributed by atoms with van der Waals surface area (Å²) in [6.45, 7) is 3.75. The van der Waals surface area contributed by atoms with Gasteiger partial charge in [-0.3, -0.25) is 4.79 Å². The monoisotopic (exact) mass is 259 g/mol. The number of carbonyl (C=O) groups is 1. The van der Waals surface area contributed by atoms with Gasteiger partial charge in [0.15, 0.2) is 0 Å². The van der Waals surface area contributed by atoms with Gasteiger partial charge in [0, 0.05) is 24.1 Å². The molecule has 1 atom stereocenters. The van der Waals surface area contributed by atoms with Crippen LogP contribution in [0.5, 0.6) is 0 Å². The van der Waals surface area contributed by atoms with Gasteiger partial charge in [-0.15, -0.1) is 0 Å². The summed E-state index contributed by atoms with van der Waals surface area (Å²) in [6.07, 6.45) is 2.54. The van der Waals surface area contributed by atoms with Crippen molar-refractivity contribution in [2.45, 2.75) is 18.6 Å². The SMILES string of the molecule is CCC1CN(C(=O)c2ccoc2Cl)CCS1. The summed E-state index contributed by atoms with van der Waals surface area (Å²) in [5.41, 5.74) is 0.475. The Hall–Kier alpha value is -0.610. The first-order chi connectivity index (χ1) is 7.72. The molecule has 2 heterocycles. The maximum absolute atomic E-state index is 12.1. The molecule has 1 aromatic rings. The lowest BCUT2D eigenvalue weighted by atomic mass is 10.2. The van der Waals surface area contributed by atoms with E-state index < -0.39 is 0 Å². The van der Waals surface area contributed by atoms with Crippen molar-refractivity contribution in [2.75, 3.05) is 18.8 Å². The molecule has 5 heteroatoms. The lowest BCUT2D eigenvalue weighted by Crippen LogP contribution is -2.41. The first-order valence-electron chi connectivity index (χ1n) is 5.36. The van der Waals surface area contributed by atoms with Gasteiger partial charge in [-0.05, 0) is 24.1 Å². The minimum atomic E-state index is -0.0162. The summed E-state index contributed by atoms with van der Waals surface area (Å²) in [6, 6.07) is 1.63. The van der Waals surface area contributed by atoms with Gasteiger partial charge in [-0.25, -0.2) is 0 Å². The molecule has 1 aromatic heterocycles. The smallest absolute Gasteiger partial charge is 0.258 e. The molecule has 0 radical (unpaired) electrons. The van der Waals surface area contributed by atoms with Gasteiger partial charge < -0.3 is 9.32 Å². The highest BCUT2D eigenvalue weighted by molar-refractivity contribution is 8.00. The topological polar surface area (TPSA) is 33.5 Å². The number of thioether (sulfide) groups is 1. The highest BCUT2D eigenvalue weighted by Crippen LogP contribution is 2.24. The van der Waals surface area contributed by atoms with Gasteiger partial charge in [0.05, 0.1) is 11.8 Å². The summed E-state index contributed by atoms with van der Waals surface area (Å²) >= 11 is 7.74. The van der Waals surface area contributed by atoms with E-state index in [-0.39, 0.29) is 11.1 Å². The molecule has 1 saturated heterocycles. The van der Waals surface area contributed by atoms with Crippen molar-refractivity contribution in [1.82, 2.24) is 4.90 Å². The van der Waals surface area contributed by atoms with Crippen molar-refractivity contribution in [1.29, 1.82) is 0 Å². The van der Waals surface area contributed by atoms with Crippen LogP contribution >= 0.6 is 23.4 Å². The molecule has 88 valence electrons. The summed E-state index contributed by atoms with van der Waals surface area (Å²) in [5, 5.41) is 0.736. The summed E-state index contributed by atoms with van der Waals surface area (Å²) in [5.74, 6) is 0.984. The lowest BCUT2D eigenvalue weighted by molar-refractivity contribution is 0.0760. The van der Waals surface area contributed by atoms with Crippen LogP contribution in [0.15, 0.2) is 16.7 Å². The molecule has 0 N–H and O–H groups in total. The van der Waals surface area contributed by atoms with Gasteiger partial charge in [-0.1, -0.05) is 6.92 Å². The van der Waals surface area contributed by atoms with Crippen LogP contribution in [0.25, 0.3) is 0 Å². The van der Waals surface area contributed by atoms with Crippen molar-refractivity contribution in [2.24, 2.45) is 0 Å². The number of hydrogen-bond acceptors (Lipinski definition) is 3. The third-order valence-electron chi connectivity index (χ3n) is 2.73. The molecule has 16 heavy (non-hydrogen) atoms. The minimum absolute atomic E-state index is 0.0162. The highest BCUT2D eigenvalue weighted by atomic mass is 35.5. The molecule has 1 fully saturated rings. The van der Waals surface area contributed by atoms with Crippen LogP contribution in [0.4, 0.5) is 0 Å². The van der Waals surface area contributed by atoms with Gasteiger partial charge in [0.1, 0.15) is 0 Å². The number of amides is 1. The van der Waals surface area contributed by atoms with Crippen molar-refractivity contribution in [3.8, 4) is 0 Å². The Morgan fingerprint density at radius 1 is 1.75 bits per heavy atom. The molecule has 0 saturated carbocycles. The molecule has 0 aromatic carbocycles. The van der Waals surface area contributed by atoms with Crippen molar-refractivity contribution in [3.63, 3.8) is 0 Å². The molecule has 1 aliphatic heterocycles. The molecule has 0 aliphatic carbocycles. The van der Waals surface area contributed by atoms with E-state index in [0.29, 0.717) is 10.8 Å². The van der Waals surface area contributed by atoms with Crippen LogP contribution in [0.3, 0.4) is 0 Å². The zero-order valence-corrected chi connectivity index (χ0v) is 10.7. The van der Waals surface area contributed by atoms with E-state index in [0.717, 1.165) is 25.3 Å². The Balaban J connectivity index is 2.07. The van der Waals surface area contributed by atoms with Crippen LogP contribution in [-0.2, 0) is 0 Å². The Kier molecular flexibility index (Phi) is 3.82. The zero-order valence-electron chi connectivity index (χ0n) is 9.11. The van der Waals surface area contributed by atoms with Crippen molar-refractivity contribution < 1.29 is 9.21 Å². The van der Waals surface area contributed by atoms with Crippen LogP contribution in [-0.4, -0.2) is 34.9 Å². The second-order valence-corrected chi connectivity index (χ2v) is 5.51. The summed E-state index contributed by atoms with van der Waals surface area (Å²) < 4.78 is 4.94. The molecule has 0 bridgehead atoms. The number of carbonyl (C=O) groups excluding carboxylic acids is 1. The second-order valence-electron chi connectivity index (χ2n) is 3.76. The predicted octanol–water partition coefficient (Wildman–Crippen LogP) is 2.90. The maximum atomic E-state index is 12.1. The minimum Gasteiger partial charge on any atom is -0.452 e. The van der Waals surface area contributed by atoms with Crippen molar-refractivity contribution >= 4 is 29.3 Å². The van der Waals surface area contributed by atoms with E-state index in [1.54, 1.807) is 6.07 Å². The quantitative estimate of drug-likeness (QED) is 0.819. The third kappa shape index (κ3) is 2.38. The average molecular weight is 260 g/mol. The van der Waals surface area contributed by atoms with E-state index >= 15 is 0 Å². The summed E-state index contributed by atoms with van der Waals surface area (Å²) in [7, 11) is 0. The molecule has 1 aliphatic rings. The number of rotatable bonds is 2. The molecule has 3 nitrogen and oxygen atoms in total. The predicted molar refractivity (Wildman–Crippen MR) is 66.2 cm³/mol. The van der Waals surface area contributed by atoms with E-state index in [1.165, 1.54) is 6.26 Å². The summed E-state index contributed by atoms with van der Waals surface area (Å²) in [4.78, 5) is 14.0. The van der Waals surface area contributed by atoms with Crippen molar-refractivity contribution in [3.05, 3.63) is 23.1 Å². The standard InChI is InChI=1S/C11H14ClNO2S/c1-2-8-7-13(4-6-16-8)11(14)9-3-5-15-10(9)12/h3,5,8H,2,4,6-7H2,1H3. The Labute approximate surface area is 104 Å². The molecule has 1 amide bonds.